The Labute approximate surface area is 152 Å². The zero-order valence-electron chi connectivity index (χ0n) is 15.3. The van der Waals surface area contributed by atoms with Gasteiger partial charge in [0.25, 0.3) is 5.91 Å². The van der Waals surface area contributed by atoms with Gasteiger partial charge in [0.1, 0.15) is 6.10 Å². The van der Waals surface area contributed by atoms with Gasteiger partial charge in [0.15, 0.2) is 0 Å². The molecule has 1 heterocycles. The number of rotatable bonds is 9. The van der Waals surface area contributed by atoms with Gasteiger partial charge in [0.2, 0.25) is 5.91 Å². The number of piperidine rings is 1. The maximum atomic E-state index is 12.6. The normalized spacial score (nSPS) is 18.9. The molecule has 1 aliphatic heterocycles. The van der Waals surface area contributed by atoms with Gasteiger partial charge in [0, 0.05) is 38.7 Å². The molecule has 142 valence electrons. The first-order valence-corrected chi connectivity index (χ1v) is 8.84. The third-order valence-corrected chi connectivity index (χ3v) is 4.23. The van der Waals surface area contributed by atoms with Crippen LogP contribution in [0.5, 0.6) is 0 Å². The first kappa shape index (κ1) is 23.1. The number of likely N-dealkylation sites (tertiary alicyclic amines) is 1. The van der Waals surface area contributed by atoms with Gasteiger partial charge in [-0.1, -0.05) is 13.8 Å². The molecule has 1 saturated heterocycles. The summed E-state index contributed by atoms with van der Waals surface area (Å²) in [6.07, 6.45) is 3.88. The Morgan fingerprint density at radius 3 is 2.62 bits per heavy atom. The van der Waals surface area contributed by atoms with E-state index >= 15 is 0 Å². The number of hydrogen-bond donors (Lipinski definition) is 2. The second-order valence-corrected chi connectivity index (χ2v) is 6.72. The molecule has 1 aliphatic rings. The number of carbonyl (C=O) groups excluding carboxylic acids is 2. The van der Waals surface area contributed by atoms with E-state index in [-0.39, 0.29) is 30.3 Å². The van der Waals surface area contributed by atoms with E-state index < -0.39 is 6.10 Å². The van der Waals surface area contributed by atoms with Crippen molar-refractivity contribution >= 4 is 24.2 Å². The molecule has 0 aromatic rings. The molecule has 6 nitrogen and oxygen atoms in total. The molecule has 0 radical (unpaired) electrons. The fourth-order valence-corrected chi connectivity index (χ4v) is 2.74. The molecule has 1 fully saturated rings. The zero-order valence-corrected chi connectivity index (χ0v) is 16.1. The number of nitrogens with zero attached hydrogens (tertiary/aromatic N) is 1. The Hall–Kier alpha value is -0.850. The van der Waals surface area contributed by atoms with Crippen LogP contribution in [0.25, 0.3) is 0 Å². The van der Waals surface area contributed by atoms with Gasteiger partial charge in [-0.15, -0.1) is 12.4 Å². The Morgan fingerprint density at radius 2 is 2.00 bits per heavy atom. The summed E-state index contributed by atoms with van der Waals surface area (Å²) >= 11 is 0. The summed E-state index contributed by atoms with van der Waals surface area (Å²) < 4.78 is 5.69. The lowest BCUT2D eigenvalue weighted by Crippen LogP contribution is -2.52. The summed E-state index contributed by atoms with van der Waals surface area (Å²) in [5.74, 6) is 0.552. The summed E-state index contributed by atoms with van der Waals surface area (Å²) in [5.41, 5.74) is 5.38. The molecule has 1 rings (SSSR count). The largest absolute Gasteiger partial charge is 0.369 e. The molecule has 7 heteroatoms. The number of nitrogens with one attached hydrogen (secondary N) is 1. The number of ether oxygens (including phenoxy) is 1. The average Bonchev–Trinajstić information content (AvgIpc) is 2.52. The van der Waals surface area contributed by atoms with Gasteiger partial charge in [0.05, 0.1) is 0 Å². The molecule has 0 aromatic carbocycles. The van der Waals surface area contributed by atoms with Crippen molar-refractivity contribution < 1.29 is 14.3 Å². The van der Waals surface area contributed by atoms with E-state index in [1.165, 1.54) is 0 Å². The second kappa shape index (κ2) is 12.5. The number of hydrogen-bond acceptors (Lipinski definition) is 4. The van der Waals surface area contributed by atoms with Crippen molar-refractivity contribution in [2.24, 2.45) is 11.7 Å². The SMILES string of the molecule is CC(C)CCOC(C)C(=O)N1CCCCC1CNC(=O)CCN.Cl. The molecular formula is C17H34ClN3O3. The van der Waals surface area contributed by atoms with Crippen LogP contribution in [0.4, 0.5) is 0 Å². The van der Waals surface area contributed by atoms with Crippen LogP contribution in [0.2, 0.25) is 0 Å². The third-order valence-electron chi connectivity index (χ3n) is 4.23. The van der Waals surface area contributed by atoms with Gasteiger partial charge in [-0.25, -0.2) is 0 Å². The minimum atomic E-state index is -0.422. The minimum Gasteiger partial charge on any atom is -0.369 e. The van der Waals surface area contributed by atoms with Crippen LogP contribution in [0.1, 0.15) is 52.9 Å². The Balaban J connectivity index is 0.00000529. The van der Waals surface area contributed by atoms with Crippen molar-refractivity contribution in [3.63, 3.8) is 0 Å². The van der Waals surface area contributed by atoms with Crippen molar-refractivity contribution in [2.75, 3.05) is 26.2 Å². The van der Waals surface area contributed by atoms with Crippen molar-refractivity contribution in [3.8, 4) is 0 Å². The highest BCUT2D eigenvalue weighted by Crippen LogP contribution is 2.18. The predicted molar refractivity (Wildman–Crippen MR) is 98.2 cm³/mol. The molecule has 0 aliphatic carbocycles. The third kappa shape index (κ3) is 8.31. The van der Waals surface area contributed by atoms with Crippen LogP contribution in [-0.4, -0.2) is 55.1 Å². The number of amides is 2. The molecule has 3 N–H and O–H groups in total. The summed E-state index contributed by atoms with van der Waals surface area (Å²) in [5, 5.41) is 2.88. The number of carbonyl (C=O) groups is 2. The minimum absolute atomic E-state index is 0. The molecule has 24 heavy (non-hydrogen) atoms. The molecular weight excluding hydrogens is 330 g/mol. The predicted octanol–water partition coefficient (Wildman–Crippen LogP) is 1.71. The first-order chi connectivity index (χ1) is 11.0. The summed E-state index contributed by atoms with van der Waals surface area (Å²) in [4.78, 5) is 26.1. The summed E-state index contributed by atoms with van der Waals surface area (Å²) in [7, 11) is 0. The Bertz CT molecular complexity index is 380. The van der Waals surface area contributed by atoms with Crippen LogP contribution in [0.3, 0.4) is 0 Å². The zero-order chi connectivity index (χ0) is 17.2. The van der Waals surface area contributed by atoms with E-state index in [4.69, 9.17) is 10.5 Å². The first-order valence-electron chi connectivity index (χ1n) is 8.84. The number of nitrogens with two attached hydrogens (primary N) is 1. The quantitative estimate of drug-likeness (QED) is 0.653. The topological polar surface area (TPSA) is 84.7 Å². The van der Waals surface area contributed by atoms with Gasteiger partial charge in [-0.3, -0.25) is 9.59 Å². The molecule has 2 unspecified atom stereocenters. The molecule has 0 bridgehead atoms. The highest BCUT2D eigenvalue weighted by atomic mass is 35.5. The van der Waals surface area contributed by atoms with E-state index in [2.05, 4.69) is 19.2 Å². The van der Waals surface area contributed by atoms with Gasteiger partial charge < -0.3 is 20.7 Å². The Morgan fingerprint density at radius 1 is 1.29 bits per heavy atom. The Kier molecular flexibility index (Phi) is 12.1. The van der Waals surface area contributed by atoms with E-state index in [9.17, 15) is 9.59 Å². The fraction of sp³-hybridized carbons (Fsp3) is 0.882. The van der Waals surface area contributed by atoms with Crippen molar-refractivity contribution in [2.45, 2.75) is 65.0 Å². The maximum absolute atomic E-state index is 12.6. The molecule has 0 aromatic heterocycles. The molecule has 0 spiro atoms. The van der Waals surface area contributed by atoms with E-state index in [1.54, 1.807) is 0 Å². The lowest BCUT2D eigenvalue weighted by molar-refractivity contribution is -0.146. The van der Waals surface area contributed by atoms with Crippen molar-refractivity contribution in [1.82, 2.24) is 10.2 Å². The summed E-state index contributed by atoms with van der Waals surface area (Å²) in [6.45, 7) is 8.30. The lowest BCUT2D eigenvalue weighted by atomic mass is 10.0. The second-order valence-electron chi connectivity index (χ2n) is 6.72. The average molecular weight is 364 g/mol. The lowest BCUT2D eigenvalue weighted by Gasteiger charge is -2.37. The van der Waals surface area contributed by atoms with E-state index in [0.29, 0.717) is 32.0 Å². The fourth-order valence-electron chi connectivity index (χ4n) is 2.74. The van der Waals surface area contributed by atoms with E-state index in [0.717, 1.165) is 32.2 Å². The molecule has 2 amide bonds. The van der Waals surface area contributed by atoms with Crippen LogP contribution in [-0.2, 0) is 14.3 Å². The smallest absolute Gasteiger partial charge is 0.251 e. The van der Waals surface area contributed by atoms with Gasteiger partial charge in [-0.2, -0.15) is 0 Å². The van der Waals surface area contributed by atoms with Crippen LogP contribution in [0, 0.1) is 5.92 Å². The van der Waals surface area contributed by atoms with Crippen molar-refractivity contribution in [1.29, 1.82) is 0 Å². The van der Waals surface area contributed by atoms with Gasteiger partial charge in [-0.05, 0) is 38.5 Å². The van der Waals surface area contributed by atoms with Crippen LogP contribution >= 0.6 is 12.4 Å². The van der Waals surface area contributed by atoms with E-state index in [1.807, 2.05) is 11.8 Å². The van der Waals surface area contributed by atoms with Gasteiger partial charge >= 0.3 is 0 Å². The molecule has 0 saturated carbocycles. The van der Waals surface area contributed by atoms with Crippen LogP contribution < -0.4 is 11.1 Å². The summed E-state index contributed by atoms with van der Waals surface area (Å²) in [6, 6.07) is 0.0640. The molecule has 2 atom stereocenters. The maximum Gasteiger partial charge on any atom is 0.251 e. The highest BCUT2D eigenvalue weighted by molar-refractivity contribution is 5.85. The standard InChI is InChI=1S/C17H33N3O3.ClH/c1-13(2)8-11-23-14(3)17(22)20-10-5-4-6-15(20)12-19-16(21)7-9-18;/h13-15H,4-12,18H2,1-3H3,(H,19,21);1H. The van der Waals surface area contributed by atoms with Crippen molar-refractivity contribution in [3.05, 3.63) is 0 Å². The van der Waals surface area contributed by atoms with Crippen LogP contribution in [0.15, 0.2) is 0 Å². The highest BCUT2D eigenvalue weighted by Gasteiger charge is 2.30. The number of halogens is 1. The monoisotopic (exact) mass is 363 g/mol.